The second-order valence-corrected chi connectivity index (χ2v) is 3.91. The van der Waals surface area contributed by atoms with Crippen LogP contribution >= 0.6 is 27.5 Å². The Hall–Kier alpha value is -0.220. The Kier molecular flexibility index (Phi) is 2.68. The van der Waals surface area contributed by atoms with Crippen molar-refractivity contribution < 1.29 is 13.6 Å². The normalized spacial score (nSPS) is 34.7. The van der Waals surface area contributed by atoms with Gasteiger partial charge in [-0.05, 0) is 39.7 Å². The fourth-order valence-electron chi connectivity index (χ4n) is 0.904. The van der Waals surface area contributed by atoms with E-state index in [0.717, 1.165) is 12.2 Å². The molecule has 12 heavy (non-hydrogen) atoms. The number of allylic oxidation sites excluding steroid dienone is 4. The third-order valence-electron chi connectivity index (χ3n) is 1.46. The van der Waals surface area contributed by atoms with Crippen LogP contribution < -0.4 is 0 Å². The van der Waals surface area contributed by atoms with E-state index in [9.17, 15) is 13.6 Å². The number of carbonyl (C=O) groups is 1. The summed E-state index contributed by atoms with van der Waals surface area (Å²) >= 11 is 7.57. The Balaban J connectivity index is 3.03. The van der Waals surface area contributed by atoms with Crippen molar-refractivity contribution in [3.8, 4) is 0 Å². The molecule has 1 nitrogen and oxygen atoms in total. The van der Waals surface area contributed by atoms with Gasteiger partial charge in [0.1, 0.15) is 11.7 Å². The highest BCUT2D eigenvalue weighted by atomic mass is 79.9. The van der Waals surface area contributed by atoms with E-state index >= 15 is 0 Å². The van der Waals surface area contributed by atoms with Crippen LogP contribution in [0, 0.1) is 5.92 Å². The Bertz CT molecular complexity index is 273. The molecule has 66 valence electrons. The van der Waals surface area contributed by atoms with Gasteiger partial charge in [0, 0.05) is 0 Å². The second kappa shape index (κ2) is 3.26. The van der Waals surface area contributed by atoms with Gasteiger partial charge in [-0.3, -0.25) is 4.79 Å². The molecular formula is C7H4BrClF2O. The van der Waals surface area contributed by atoms with Gasteiger partial charge in [0.2, 0.25) is 9.82 Å². The number of hydrogen-bond donors (Lipinski definition) is 0. The Labute approximate surface area is 81.2 Å². The molecular weight excluding hydrogens is 253 g/mol. The average Bonchev–Trinajstić information content (AvgIpc) is 1.82. The SMILES string of the molecule is O=C(Cl)C1C(F)=CC=CC1(F)Br. The minimum absolute atomic E-state index is 0.878. The van der Waals surface area contributed by atoms with Crippen molar-refractivity contribution in [1.29, 1.82) is 0 Å². The molecule has 0 bridgehead atoms. The number of halogens is 4. The maximum Gasteiger partial charge on any atom is 0.236 e. The molecule has 0 fully saturated rings. The first-order chi connectivity index (χ1) is 5.45. The van der Waals surface area contributed by atoms with E-state index < -0.39 is 21.6 Å². The lowest BCUT2D eigenvalue weighted by molar-refractivity contribution is -0.116. The van der Waals surface area contributed by atoms with Gasteiger partial charge >= 0.3 is 0 Å². The van der Waals surface area contributed by atoms with E-state index in [1.165, 1.54) is 6.08 Å². The largest absolute Gasteiger partial charge is 0.280 e. The van der Waals surface area contributed by atoms with Gasteiger partial charge in [-0.2, -0.15) is 0 Å². The van der Waals surface area contributed by atoms with Gasteiger partial charge in [0.05, 0.1) is 0 Å². The van der Waals surface area contributed by atoms with E-state index in [2.05, 4.69) is 15.9 Å². The Morgan fingerprint density at radius 1 is 1.75 bits per heavy atom. The highest BCUT2D eigenvalue weighted by Crippen LogP contribution is 2.40. The number of rotatable bonds is 1. The molecule has 0 aromatic heterocycles. The third-order valence-corrected chi connectivity index (χ3v) is 2.40. The summed E-state index contributed by atoms with van der Waals surface area (Å²) in [6, 6.07) is 0. The minimum Gasteiger partial charge on any atom is -0.280 e. The molecule has 0 aliphatic heterocycles. The lowest BCUT2D eigenvalue weighted by Gasteiger charge is -2.23. The molecule has 2 atom stereocenters. The van der Waals surface area contributed by atoms with Gasteiger partial charge in [-0.15, -0.1) is 0 Å². The van der Waals surface area contributed by atoms with Gasteiger partial charge in [0.25, 0.3) is 0 Å². The molecule has 0 heterocycles. The lowest BCUT2D eigenvalue weighted by Crippen LogP contribution is -2.31. The predicted octanol–water partition coefficient (Wildman–Crippen LogP) is 2.85. The summed E-state index contributed by atoms with van der Waals surface area (Å²) in [7, 11) is 0. The van der Waals surface area contributed by atoms with Crippen molar-refractivity contribution >= 4 is 32.8 Å². The summed E-state index contributed by atoms with van der Waals surface area (Å²) in [5, 5.41) is -1.06. The maximum absolute atomic E-state index is 13.3. The van der Waals surface area contributed by atoms with Crippen molar-refractivity contribution in [2.45, 2.75) is 4.58 Å². The fraction of sp³-hybridized carbons (Fsp3) is 0.286. The van der Waals surface area contributed by atoms with Crippen molar-refractivity contribution in [1.82, 2.24) is 0 Å². The van der Waals surface area contributed by atoms with Crippen LogP contribution in [0.1, 0.15) is 0 Å². The first-order valence-electron chi connectivity index (χ1n) is 3.07. The van der Waals surface area contributed by atoms with Crippen LogP contribution in [-0.4, -0.2) is 9.82 Å². The van der Waals surface area contributed by atoms with Crippen molar-refractivity contribution in [2.24, 2.45) is 5.92 Å². The molecule has 2 unspecified atom stereocenters. The molecule has 0 aromatic rings. The van der Waals surface area contributed by atoms with E-state index in [1.54, 1.807) is 0 Å². The Morgan fingerprint density at radius 3 is 2.67 bits per heavy atom. The number of hydrogen-bond acceptors (Lipinski definition) is 1. The molecule has 1 aliphatic rings. The first kappa shape index (κ1) is 9.86. The van der Waals surface area contributed by atoms with E-state index in [0.29, 0.717) is 0 Å². The van der Waals surface area contributed by atoms with Gasteiger partial charge in [-0.25, -0.2) is 8.78 Å². The average molecular weight is 257 g/mol. The summed E-state index contributed by atoms with van der Waals surface area (Å²) in [4.78, 5) is 10.6. The van der Waals surface area contributed by atoms with Crippen LogP contribution in [0.3, 0.4) is 0 Å². The first-order valence-corrected chi connectivity index (χ1v) is 4.24. The molecule has 0 saturated heterocycles. The third kappa shape index (κ3) is 1.75. The quantitative estimate of drug-likeness (QED) is 0.521. The second-order valence-electron chi connectivity index (χ2n) is 2.32. The number of alkyl halides is 2. The van der Waals surface area contributed by atoms with Crippen LogP contribution in [0.2, 0.25) is 0 Å². The van der Waals surface area contributed by atoms with Crippen molar-refractivity contribution in [2.75, 3.05) is 0 Å². The summed E-state index contributed by atoms with van der Waals surface area (Å²) in [5.41, 5.74) is 0. The lowest BCUT2D eigenvalue weighted by atomic mass is 9.99. The minimum atomic E-state index is -2.20. The maximum atomic E-state index is 13.3. The van der Waals surface area contributed by atoms with E-state index in [1.807, 2.05) is 0 Å². The van der Waals surface area contributed by atoms with E-state index in [4.69, 9.17) is 11.6 Å². The van der Waals surface area contributed by atoms with Crippen LogP contribution in [0.4, 0.5) is 8.78 Å². The molecule has 0 radical (unpaired) electrons. The van der Waals surface area contributed by atoms with Crippen molar-refractivity contribution in [3.05, 3.63) is 24.1 Å². The summed E-state index contributed by atoms with van der Waals surface area (Å²) < 4.78 is 23.9. The Morgan fingerprint density at radius 2 is 2.33 bits per heavy atom. The zero-order valence-corrected chi connectivity index (χ0v) is 8.07. The zero-order valence-electron chi connectivity index (χ0n) is 5.73. The highest BCUT2D eigenvalue weighted by molar-refractivity contribution is 9.10. The predicted molar refractivity (Wildman–Crippen MR) is 45.4 cm³/mol. The van der Waals surface area contributed by atoms with Gasteiger partial charge in [-0.1, -0.05) is 6.08 Å². The van der Waals surface area contributed by atoms with Crippen LogP contribution in [-0.2, 0) is 4.79 Å². The fourth-order valence-corrected chi connectivity index (χ4v) is 1.88. The van der Waals surface area contributed by atoms with Crippen molar-refractivity contribution in [3.63, 3.8) is 0 Å². The van der Waals surface area contributed by atoms with Crippen LogP contribution in [0.15, 0.2) is 24.1 Å². The smallest absolute Gasteiger partial charge is 0.236 e. The number of carbonyl (C=O) groups excluding carboxylic acids is 1. The summed E-state index contributed by atoms with van der Waals surface area (Å²) in [6.45, 7) is 0. The molecule has 5 heteroatoms. The molecule has 1 rings (SSSR count). The highest BCUT2D eigenvalue weighted by Gasteiger charge is 2.43. The standard InChI is InChI=1S/C7H4BrClF2O/c8-7(11)3-1-2-4(10)5(7)6(9)12/h1-3,5H. The topological polar surface area (TPSA) is 17.1 Å². The van der Waals surface area contributed by atoms with E-state index in [-0.39, 0.29) is 0 Å². The molecule has 0 aromatic carbocycles. The monoisotopic (exact) mass is 256 g/mol. The molecule has 0 saturated carbocycles. The molecule has 0 amide bonds. The van der Waals surface area contributed by atoms with Gasteiger partial charge < -0.3 is 0 Å². The molecule has 0 spiro atoms. The van der Waals surface area contributed by atoms with Gasteiger partial charge in [0.15, 0.2) is 0 Å². The molecule has 1 aliphatic carbocycles. The molecule has 0 N–H and O–H groups in total. The summed E-state index contributed by atoms with van der Waals surface area (Å²) in [5.74, 6) is -2.46. The van der Waals surface area contributed by atoms with Crippen LogP contribution in [0.25, 0.3) is 0 Å². The summed E-state index contributed by atoms with van der Waals surface area (Å²) in [6.07, 6.45) is 3.21. The zero-order chi connectivity index (χ0) is 9.35. The van der Waals surface area contributed by atoms with Crippen LogP contribution in [0.5, 0.6) is 0 Å².